The summed E-state index contributed by atoms with van der Waals surface area (Å²) in [5.41, 5.74) is 0. The van der Waals surface area contributed by atoms with Crippen LogP contribution in [0.4, 0.5) is 0 Å². The molecule has 3 nitrogen and oxygen atoms in total. The van der Waals surface area contributed by atoms with Crippen molar-refractivity contribution in [2.75, 3.05) is 20.0 Å². The van der Waals surface area contributed by atoms with Gasteiger partial charge in [0, 0.05) is 13.2 Å². The second-order valence-corrected chi connectivity index (χ2v) is 7.66. The SMILES string of the molecule is CCCCCOCOCCCC(C)CC(C)CC(C)CC(C)O. The third kappa shape index (κ3) is 16.5. The summed E-state index contributed by atoms with van der Waals surface area (Å²) < 4.78 is 11.0. The Labute approximate surface area is 145 Å². The monoisotopic (exact) mass is 330 g/mol. The molecule has 140 valence electrons. The quantitative estimate of drug-likeness (QED) is 0.304. The van der Waals surface area contributed by atoms with Gasteiger partial charge in [0.2, 0.25) is 0 Å². The standard InChI is InChI=1S/C20H42O3/c1-6-7-8-11-22-16-23-12-9-10-17(2)13-18(3)14-19(4)15-20(5)21/h17-21H,6-16H2,1-5H3. The first-order valence-electron chi connectivity index (χ1n) is 9.79. The molecule has 3 heteroatoms. The Morgan fingerprint density at radius 1 is 0.739 bits per heavy atom. The zero-order chi connectivity index (χ0) is 17.5. The van der Waals surface area contributed by atoms with Gasteiger partial charge in [-0.05, 0) is 63.2 Å². The van der Waals surface area contributed by atoms with Crippen LogP contribution in [0.3, 0.4) is 0 Å². The largest absolute Gasteiger partial charge is 0.393 e. The molecular weight excluding hydrogens is 288 g/mol. The first kappa shape index (κ1) is 22.9. The molecular formula is C20H42O3. The highest BCUT2D eigenvalue weighted by Gasteiger charge is 2.14. The molecule has 0 aliphatic rings. The van der Waals surface area contributed by atoms with Gasteiger partial charge in [-0.3, -0.25) is 0 Å². The Morgan fingerprint density at radius 2 is 1.30 bits per heavy atom. The summed E-state index contributed by atoms with van der Waals surface area (Å²) in [7, 11) is 0. The maximum absolute atomic E-state index is 9.44. The number of hydrogen-bond acceptors (Lipinski definition) is 3. The van der Waals surface area contributed by atoms with E-state index in [1.165, 1.54) is 32.1 Å². The Balaban J connectivity index is 3.46. The fourth-order valence-electron chi connectivity index (χ4n) is 3.43. The maximum atomic E-state index is 9.44. The highest BCUT2D eigenvalue weighted by Crippen LogP contribution is 2.24. The number of unbranched alkanes of at least 4 members (excludes halogenated alkanes) is 2. The number of rotatable bonds is 16. The number of aliphatic hydroxyl groups excluding tert-OH is 1. The van der Waals surface area contributed by atoms with Gasteiger partial charge < -0.3 is 14.6 Å². The van der Waals surface area contributed by atoms with Crippen molar-refractivity contribution in [3.05, 3.63) is 0 Å². The van der Waals surface area contributed by atoms with E-state index in [1.807, 2.05) is 6.92 Å². The van der Waals surface area contributed by atoms with Crippen LogP contribution in [0, 0.1) is 17.8 Å². The van der Waals surface area contributed by atoms with Crippen molar-refractivity contribution < 1.29 is 14.6 Å². The predicted molar refractivity (Wildman–Crippen MR) is 98.6 cm³/mol. The van der Waals surface area contributed by atoms with Crippen LogP contribution >= 0.6 is 0 Å². The molecule has 0 rings (SSSR count). The molecule has 4 unspecified atom stereocenters. The molecule has 0 saturated carbocycles. The van der Waals surface area contributed by atoms with Crippen molar-refractivity contribution in [3.8, 4) is 0 Å². The minimum absolute atomic E-state index is 0.170. The Kier molecular flexibility index (Phi) is 15.3. The third-order valence-corrected chi connectivity index (χ3v) is 4.40. The minimum atomic E-state index is -0.170. The van der Waals surface area contributed by atoms with Gasteiger partial charge in [0.25, 0.3) is 0 Å². The van der Waals surface area contributed by atoms with Crippen LogP contribution in [0.1, 0.15) is 86.0 Å². The van der Waals surface area contributed by atoms with Gasteiger partial charge in [0.1, 0.15) is 6.79 Å². The summed E-state index contributed by atoms with van der Waals surface area (Å²) in [5, 5.41) is 9.44. The second kappa shape index (κ2) is 15.4. The van der Waals surface area contributed by atoms with Gasteiger partial charge in [-0.25, -0.2) is 0 Å². The number of ether oxygens (including phenoxy) is 2. The second-order valence-electron chi connectivity index (χ2n) is 7.66. The molecule has 0 aromatic heterocycles. The van der Waals surface area contributed by atoms with Crippen molar-refractivity contribution in [2.45, 2.75) is 92.1 Å². The molecule has 0 fully saturated rings. The van der Waals surface area contributed by atoms with E-state index < -0.39 is 0 Å². The van der Waals surface area contributed by atoms with Crippen LogP contribution in [0.15, 0.2) is 0 Å². The molecule has 0 aliphatic carbocycles. The van der Waals surface area contributed by atoms with E-state index in [0.29, 0.717) is 12.7 Å². The maximum Gasteiger partial charge on any atom is 0.146 e. The first-order valence-corrected chi connectivity index (χ1v) is 9.79. The number of hydrogen-bond donors (Lipinski definition) is 1. The topological polar surface area (TPSA) is 38.7 Å². The summed E-state index contributed by atoms with van der Waals surface area (Å²) in [5.74, 6) is 2.10. The van der Waals surface area contributed by atoms with E-state index in [2.05, 4.69) is 27.7 Å². The normalized spacial score (nSPS) is 17.0. The van der Waals surface area contributed by atoms with Crippen LogP contribution in [0.5, 0.6) is 0 Å². The highest BCUT2D eigenvalue weighted by molar-refractivity contribution is 4.65. The zero-order valence-electron chi connectivity index (χ0n) is 16.4. The van der Waals surface area contributed by atoms with Crippen molar-refractivity contribution in [3.63, 3.8) is 0 Å². The molecule has 0 bridgehead atoms. The van der Waals surface area contributed by atoms with E-state index in [-0.39, 0.29) is 6.10 Å². The summed E-state index contributed by atoms with van der Waals surface area (Å²) in [6, 6.07) is 0. The smallest absolute Gasteiger partial charge is 0.146 e. The van der Waals surface area contributed by atoms with E-state index in [4.69, 9.17) is 9.47 Å². The summed E-state index contributed by atoms with van der Waals surface area (Å²) in [4.78, 5) is 0. The van der Waals surface area contributed by atoms with Gasteiger partial charge in [0.05, 0.1) is 6.10 Å². The van der Waals surface area contributed by atoms with E-state index in [9.17, 15) is 5.11 Å². The van der Waals surface area contributed by atoms with Crippen molar-refractivity contribution in [2.24, 2.45) is 17.8 Å². The molecule has 0 aromatic carbocycles. The molecule has 0 amide bonds. The van der Waals surface area contributed by atoms with Crippen LogP contribution in [0.25, 0.3) is 0 Å². The molecule has 0 aromatic rings. The van der Waals surface area contributed by atoms with Crippen LogP contribution < -0.4 is 0 Å². The van der Waals surface area contributed by atoms with Gasteiger partial charge in [-0.1, -0.05) is 40.5 Å². The van der Waals surface area contributed by atoms with E-state index in [0.717, 1.165) is 44.3 Å². The minimum Gasteiger partial charge on any atom is -0.393 e. The summed E-state index contributed by atoms with van der Waals surface area (Å²) in [6.07, 6.45) is 9.21. The van der Waals surface area contributed by atoms with Gasteiger partial charge >= 0.3 is 0 Å². The van der Waals surface area contributed by atoms with Crippen molar-refractivity contribution in [1.82, 2.24) is 0 Å². The Hall–Kier alpha value is -0.120. The average molecular weight is 331 g/mol. The van der Waals surface area contributed by atoms with E-state index >= 15 is 0 Å². The number of aliphatic hydroxyl groups is 1. The van der Waals surface area contributed by atoms with Crippen LogP contribution in [-0.2, 0) is 9.47 Å². The van der Waals surface area contributed by atoms with Gasteiger partial charge in [-0.15, -0.1) is 0 Å². The zero-order valence-corrected chi connectivity index (χ0v) is 16.4. The molecule has 0 aliphatic heterocycles. The molecule has 23 heavy (non-hydrogen) atoms. The molecule has 0 radical (unpaired) electrons. The van der Waals surface area contributed by atoms with Gasteiger partial charge in [0.15, 0.2) is 0 Å². The van der Waals surface area contributed by atoms with Crippen LogP contribution in [0.2, 0.25) is 0 Å². The lowest BCUT2D eigenvalue weighted by molar-refractivity contribution is -0.0561. The Morgan fingerprint density at radius 3 is 1.91 bits per heavy atom. The fraction of sp³-hybridized carbons (Fsp3) is 1.00. The lowest BCUT2D eigenvalue weighted by Gasteiger charge is -2.21. The lowest BCUT2D eigenvalue weighted by atomic mass is 9.86. The van der Waals surface area contributed by atoms with Gasteiger partial charge in [-0.2, -0.15) is 0 Å². The molecule has 0 spiro atoms. The molecule has 0 heterocycles. The summed E-state index contributed by atoms with van der Waals surface area (Å²) in [6.45, 7) is 13.1. The van der Waals surface area contributed by atoms with Crippen molar-refractivity contribution >= 4 is 0 Å². The predicted octanol–water partition coefficient (Wildman–Crippen LogP) is 5.41. The first-order chi connectivity index (χ1) is 11.0. The highest BCUT2D eigenvalue weighted by atomic mass is 16.7. The van der Waals surface area contributed by atoms with Crippen molar-refractivity contribution in [1.29, 1.82) is 0 Å². The Bertz CT molecular complexity index is 243. The summed E-state index contributed by atoms with van der Waals surface area (Å²) >= 11 is 0. The average Bonchev–Trinajstić information content (AvgIpc) is 2.44. The third-order valence-electron chi connectivity index (χ3n) is 4.40. The molecule has 1 N–H and O–H groups in total. The fourth-order valence-corrected chi connectivity index (χ4v) is 3.43. The van der Waals surface area contributed by atoms with E-state index in [1.54, 1.807) is 0 Å². The molecule has 4 atom stereocenters. The molecule has 0 saturated heterocycles. The van der Waals surface area contributed by atoms with Crippen LogP contribution in [-0.4, -0.2) is 31.2 Å². The lowest BCUT2D eigenvalue weighted by Crippen LogP contribution is -2.12.